The van der Waals surface area contributed by atoms with Gasteiger partial charge < -0.3 is 30.8 Å². The maximum Gasteiger partial charge on any atom is 0.547 e. The molecule has 146 valence electrons. The molecule has 1 aromatic rings. The Labute approximate surface area is 158 Å². The molecule has 1 aliphatic heterocycles. The van der Waals surface area contributed by atoms with Crippen LogP contribution in [0.2, 0.25) is 0 Å². The highest BCUT2D eigenvalue weighted by atomic mass is 16.5. The number of hydrogen-bond acceptors (Lipinski definition) is 7. The molecular formula is C18H26BN3O5. The quantitative estimate of drug-likeness (QED) is 0.379. The number of fused-ring (bicyclic) bond motifs is 1. The molecule has 1 heterocycles. The SMILES string of the molecule is COC(=O)c1cccc2c1OB(O)C(NC(=O)CC1CC(NCCN)C1)C2. The number of esters is 1. The molecular weight excluding hydrogens is 349 g/mol. The molecule has 8 nitrogen and oxygen atoms in total. The van der Waals surface area contributed by atoms with Crippen molar-refractivity contribution in [1.29, 1.82) is 0 Å². The smallest absolute Gasteiger partial charge is 0.534 e. The van der Waals surface area contributed by atoms with Crippen LogP contribution < -0.4 is 21.0 Å². The third-order valence-electron chi connectivity index (χ3n) is 5.16. The van der Waals surface area contributed by atoms with Crippen molar-refractivity contribution in [3.8, 4) is 5.75 Å². The third kappa shape index (κ3) is 4.61. The van der Waals surface area contributed by atoms with Crippen LogP contribution in [0, 0.1) is 5.92 Å². The van der Waals surface area contributed by atoms with Crippen molar-refractivity contribution in [2.24, 2.45) is 11.7 Å². The minimum atomic E-state index is -1.22. The number of benzene rings is 1. The van der Waals surface area contributed by atoms with Crippen LogP contribution in [0.5, 0.6) is 5.75 Å². The summed E-state index contributed by atoms with van der Waals surface area (Å²) in [5, 5.41) is 16.5. The maximum atomic E-state index is 12.3. The first-order chi connectivity index (χ1) is 13.0. The van der Waals surface area contributed by atoms with Crippen LogP contribution in [0.4, 0.5) is 0 Å². The molecule has 0 saturated heterocycles. The second kappa shape index (κ2) is 8.73. The summed E-state index contributed by atoms with van der Waals surface area (Å²) in [7, 11) is 0.0771. The Kier molecular flexibility index (Phi) is 6.36. The van der Waals surface area contributed by atoms with Crippen molar-refractivity contribution in [3.63, 3.8) is 0 Å². The summed E-state index contributed by atoms with van der Waals surface area (Å²) >= 11 is 0. The van der Waals surface area contributed by atoms with Gasteiger partial charge in [0, 0.05) is 25.6 Å². The predicted octanol–water partition coefficient (Wildman–Crippen LogP) is -0.370. The van der Waals surface area contributed by atoms with Gasteiger partial charge >= 0.3 is 13.1 Å². The lowest BCUT2D eigenvalue weighted by atomic mass is 9.71. The van der Waals surface area contributed by atoms with Gasteiger partial charge in [0.15, 0.2) is 0 Å². The highest BCUT2D eigenvalue weighted by Crippen LogP contribution is 2.32. The summed E-state index contributed by atoms with van der Waals surface area (Å²) in [5.74, 6) is -0.513. The van der Waals surface area contributed by atoms with Crippen molar-refractivity contribution >= 4 is 19.0 Å². The molecule has 1 atom stereocenters. The summed E-state index contributed by atoms with van der Waals surface area (Å²) in [5.41, 5.74) is 6.49. The number of rotatable bonds is 7. The van der Waals surface area contributed by atoms with Crippen LogP contribution in [0.3, 0.4) is 0 Å². The highest BCUT2D eigenvalue weighted by molar-refractivity contribution is 6.47. The van der Waals surface area contributed by atoms with Crippen LogP contribution in [-0.2, 0) is 16.0 Å². The average Bonchev–Trinajstić information content (AvgIpc) is 2.63. The third-order valence-corrected chi connectivity index (χ3v) is 5.16. The van der Waals surface area contributed by atoms with Gasteiger partial charge in [0.25, 0.3) is 0 Å². The number of methoxy groups -OCH3 is 1. The zero-order chi connectivity index (χ0) is 19.4. The second-order valence-corrected chi connectivity index (χ2v) is 7.15. The number of nitrogens with two attached hydrogens (primary N) is 1. The van der Waals surface area contributed by atoms with E-state index in [1.165, 1.54) is 7.11 Å². The number of carbonyl (C=O) groups is 2. The molecule has 27 heavy (non-hydrogen) atoms. The van der Waals surface area contributed by atoms with Crippen molar-refractivity contribution in [1.82, 2.24) is 10.6 Å². The fourth-order valence-electron chi connectivity index (χ4n) is 3.70. The average molecular weight is 375 g/mol. The van der Waals surface area contributed by atoms with Gasteiger partial charge in [-0.05, 0) is 36.8 Å². The van der Waals surface area contributed by atoms with Gasteiger partial charge in [0.1, 0.15) is 11.3 Å². The summed E-state index contributed by atoms with van der Waals surface area (Å²) in [6.45, 7) is 1.41. The summed E-state index contributed by atoms with van der Waals surface area (Å²) in [6.07, 6.45) is 2.74. The molecule has 1 saturated carbocycles. The molecule has 0 aromatic heterocycles. The van der Waals surface area contributed by atoms with E-state index in [-0.39, 0.29) is 11.5 Å². The normalized spacial score (nSPS) is 23.7. The fraction of sp³-hybridized carbons (Fsp3) is 0.556. The number of ether oxygens (including phenoxy) is 1. The van der Waals surface area contributed by atoms with Gasteiger partial charge in [-0.1, -0.05) is 12.1 Å². The first kappa shape index (κ1) is 19.7. The Bertz CT molecular complexity index is 696. The first-order valence-electron chi connectivity index (χ1n) is 9.29. The van der Waals surface area contributed by atoms with Gasteiger partial charge in [0.2, 0.25) is 5.91 Å². The van der Waals surface area contributed by atoms with Crippen molar-refractivity contribution < 1.29 is 24.0 Å². The Morgan fingerprint density at radius 3 is 2.89 bits per heavy atom. The lowest BCUT2D eigenvalue weighted by Gasteiger charge is -2.36. The Morgan fingerprint density at radius 2 is 2.19 bits per heavy atom. The lowest BCUT2D eigenvalue weighted by Crippen LogP contribution is -2.54. The number of nitrogens with one attached hydrogen (secondary N) is 2. The Morgan fingerprint density at radius 1 is 1.41 bits per heavy atom. The molecule has 0 radical (unpaired) electrons. The number of hydrogen-bond donors (Lipinski definition) is 4. The van der Waals surface area contributed by atoms with E-state index in [2.05, 4.69) is 10.6 Å². The molecule has 1 aliphatic carbocycles. The largest absolute Gasteiger partial charge is 0.547 e. The second-order valence-electron chi connectivity index (χ2n) is 7.15. The minimum absolute atomic E-state index is 0.0995. The fourth-order valence-corrected chi connectivity index (χ4v) is 3.70. The number of amides is 1. The standard InChI is InChI=1S/C18H26BN3O5/c1-26-18(24)14-4-2-3-12-10-15(19(25)27-17(12)14)22-16(23)9-11-7-13(8-11)21-6-5-20/h2-4,11,13,15,21,25H,5-10,20H2,1H3,(H,22,23). The van der Waals surface area contributed by atoms with Crippen molar-refractivity contribution in [2.75, 3.05) is 20.2 Å². The molecule has 1 amide bonds. The van der Waals surface area contributed by atoms with Crippen LogP contribution in [0.15, 0.2) is 18.2 Å². The number of carbonyl (C=O) groups excluding carboxylic acids is 2. The van der Waals surface area contributed by atoms with E-state index >= 15 is 0 Å². The Hall–Kier alpha value is -2.10. The number of para-hydroxylation sites is 1. The van der Waals surface area contributed by atoms with Crippen LogP contribution in [0.25, 0.3) is 0 Å². The molecule has 9 heteroatoms. The molecule has 3 rings (SSSR count). The van der Waals surface area contributed by atoms with E-state index in [9.17, 15) is 14.6 Å². The maximum absolute atomic E-state index is 12.3. The molecule has 0 bridgehead atoms. The van der Waals surface area contributed by atoms with Crippen molar-refractivity contribution in [2.45, 2.75) is 37.7 Å². The van der Waals surface area contributed by atoms with E-state index in [4.69, 9.17) is 15.1 Å². The van der Waals surface area contributed by atoms with E-state index in [0.717, 1.165) is 24.9 Å². The van der Waals surface area contributed by atoms with Gasteiger partial charge in [-0.3, -0.25) is 4.79 Å². The highest BCUT2D eigenvalue weighted by Gasteiger charge is 2.38. The molecule has 0 spiro atoms. The van der Waals surface area contributed by atoms with Crippen LogP contribution in [0.1, 0.15) is 35.2 Å². The zero-order valence-electron chi connectivity index (χ0n) is 15.4. The predicted molar refractivity (Wildman–Crippen MR) is 100 cm³/mol. The topological polar surface area (TPSA) is 123 Å². The van der Waals surface area contributed by atoms with E-state index in [0.29, 0.717) is 37.1 Å². The Balaban J connectivity index is 1.54. The molecule has 1 aromatic carbocycles. The lowest BCUT2D eigenvalue weighted by molar-refractivity contribution is -0.123. The first-order valence-corrected chi connectivity index (χ1v) is 9.29. The van der Waals surface area contributed by atoms with Gasteiger partial charge in [0.05, 0.1) is 13.1 Å². The molecule has 1 unspecified atom stereocenters. The van der Waals surface area contributed by atoms with E-state index < -0.39 is 19.0 Å². The summed E-state index contributed by atoms with van der Waals surface area (Å²) in [4.78, 5) is 24.2. The zero-order valence-corrected chi connectivity index (χ0v) is 15.4. The van der Waals surface area contributed by atoms with Crippen molar-refractivity contribution in [3.05, 3.63) is 29.3 Å². The molecule has 2 aliphatic rings. The summed E-state index contributed by atoms with van der Waals surface area (Å²) < 4.78 is 10.3. The minimum Gasteiger partial charge on any atom is -0.534 e. The monoisotopic (exact) mass is 375 g/mol. The molecule has 1 fully saturated rings. The van der Waals surface area contributed by atoms with Crippen LogP contribution >= 0.6 is 0 Å². The van der Waals surface area contributed by atoms with E-state index in [1.807, 2.05) is 6.07 Å². The van der Waals surface area contributed by atoms with E-state index in [1.54, 1.807) is 12.1 Å². The molecule has 5 N–H and O–H groups in total. The van der Waals surface area contributed by atoms with Gasteiger partial charge in [-0.25, -0.2) is 4.79 Å². The van der Waals surface area contributed by atoms with Crippen LogP contribution in [-0.4, -0.2) is 56.2 Å². The summed E-state index contributed by atoms with van der Waals surface area (Å²) in [6, 6.07) is 5.57. The van der Waals surface area contributed by atoms with Gasteiger partial charge in [-0.2, -0.15) is 0 Å². The van der Waals surface area contributed by atoms with Gasteiger partial charge in [-0.15, -0.1) is 0 Å².